The Morgan fingerprint density at radius 2 is 1.42 bits per heavy atom. The molecule has 2 nitrogen and oxygen atoms in total. The van der Waals surface area contributed by atoms with E-state index in [1.54, 1.807) is 0 Å². The molecule has 0 aliphatic heterocycles. The molecule has 74 valence electrons. The number of halogens is 3. The van der Waals surface area contributed by atoms with Crippen LogP contribution in [0.15, 0.2) is 0 Å². The SMILES string of the molecule is CC(F)COP(F)OCC(C)F. The summed E-state index contributed by atoms with van der Waals surface area (Å²) >= 11 is 0. The Hall–Kier alpha value is 0.140. The molecule has 0 heterocycles. The fraction of sp³-hybridized carbons (Fsp3) is 1.00. The molecule has 0 saturated carbocycles. The largest absolute Gasteiger partial charge is 0.375 e. The third kappa shape index (κ3) is 8.24. The van der Waals surface area contributed by atoms with Gasteiger partial charge in [-0.2, -0.15) is 4.20 Å². The lowest BCUT2D eigenvalue weighted by Crippen LogP contribution is -2.05. The zero-order chi connectivity index (χ0) is 9.56. The molecule has 0 N–H and O–H groups in total. The van der Waals surface area contributed by atoms with E-state index in [9.17, 15) is 13.0 Å². The van der Waals surface area contributed by atoms with Crippen LogP contribution in [0.2, 0.25) is 0 Å². The molecule has 2 atom stereocenters. The van der Waals surface area contributed by atoms with Crippen LogP contribution in [0.25, 0.3) is 0 Å². The van der Waals surface area contributed by atoms with Gasteiger partial charge >= 0.3 is 8.69 Å². The van der Waals surface area contributed by atoms with Crippen molar-refractivity contribution in [3.8, 4) is 0 Å². The molecule has 0 aliphatic rings. The lowest BCUT2D eigenvalue weighted by molar-refractivity contribution is 0.150. The quantitative estimate of drug-likeness (QED) is 0.619. The predicted octanol–water partition coefficient (Wildman–Crippen LogP) is 2.93. The van der Waals surface area contributed by atoms with Crippen molar-refractivity contribution >= 4 is 8.69 Å². The first-order valence-corrected chi connectivity index (χ1v) is 4.59. The summed E-state index contributed by atoms with van der Waals surface area (Å²) in [6, 6.07) is 0. The van der Waals surface area contributed by atoms with Crippen molar-refractivity contribution in [3.63, 3.8) is 0 Å². The van der Waals surface area contributed by atoms with Gasteiger partial charge in [-0.05, 0) is 13.8 Å². The van der Waals surface area contributed by atoms with Crippen molar-refractivity contribution in [1.82, 2.24) is 0 Å². The van der Waals surface area contributed by atoms with Crippen LogP contribution < -0.4 is 0 Å². The second-order valence-electron chi connectivity index (χ2n) is 2.37. The van der Waals surface area contributed by atoms with Gasteiger partial charge in [-0.15, -0.1) is 0 Å². The maximum absolute atomic E-state index is 12.4. The summed E-state index contributed by atoms with van der Waals surface area (Å²) in [5.74, 6) is 0. The molecule has 0 saturated heterocycles. The molecule has 0 spiro atoms. The third-order valence-electron chi connectivity index (χ3n) is 0.811. The van der Waals surface area contributed by atoms with Gasteiger partial charge in [0.25, 0.3) is 0 Å². The van der Waals surface area contributed by atoms with E-state index in [-0.39, 0.29) is 13.2 Å². The average Bonchev–Trinajstić information content (AvgIpc) is 1.96. The summed E-state index contributed by atoms with van der Waals surface area (Å²) in [7, 11) is -2.63. The van der Waals surface area contributed by atoms with Crippen LogP contribution in [0.4, 0.5) is 13.0 Å². The summed E-state index contributed by atoms with van der Waals surface area (Å²) in [5.41, 5.74) is 0. The van der Waals surface area contributed by atoms with Crippen LogP contribution in [0.3, 0.4) is 0 Å². The van der Waals surface area contributed by atoms with E-state index in [0.29, 0.717) is 0 Å². The molecule has 0 aliphatic carbocycles. The topological polar surface area (TPSA) is 18.5 Å². The van der Waals surface area contributed by atoms with Crippen molar-refractivity contribution < 1.29 is 22.0 Å². The summed E-state index contributed by atoms with van der Waals surface area (Å²) in [6.07, 6.45) is -2.48. The van der Waals surface area contributed by atoms with Crippen molar-refractivity contribution in [3.05, 3.63) is 0 Å². The molecule has 2 unspecified atom stereocenters. The van der Waals surface area contributed by atoms with E-state index in [4.69, 9.17) is 0 Å². The first-order chi connectivity index (χ1) is 5.52. The Balaban J connectivity index is 3.27. The molecular formula is C6H12F3O2P. The molecule has 12 heavy (non-hydrogen) atoms. The summed E-state index contributed by atoms with van der Waals surface area (Å²) in [5, 5.41) is 0. The molecular weight excluding hydrogens is 192 g/mol. The minimum atomic E-state index is -2.63. The number of rotatable bonds is 6. The van der Waals surface area contributed by atoms with Crippen molar-refractivity contribution in [2.75, 3.05) is 13.2 Å². The normalized spacial score (nSPS) is 18.8. The fourth-order valence-corrected chi connectivity index (χ4v) is 1.08. The van der Waals surface area contributed by atoms with Gasteiger partial charge in [-0.25, -0.2) is 8.78 Å². The number of hydrogen-bond donors (Lipinski definition) is 0. The second-order valence-corrected chi connectivity index (χ2v) is 3.31. The highest BCUT2D eigenvalue weighted by molar-refractivity contribution is 7.41. The predicted molar refractivity (Wildman–Crippen MR) is 41.1 cm³/mol. The Kier molecular flexibility index (Phi) is 6.71. The Morgan fingerprint density at radius 3 is 1.67 bits per heavy atom. The zero-order valence-corrected chi connectivity index (χ0v) is 7.86. The smallest absolute Gasteiger partial charge is 0.306 e. The Bertz CT molecular complexity index is 101. The van der Waals surface area contributed by atoms with E-state index < -0.39 is 21.0 Å². The molecule has 0 aromatic rings. The Morgan fingerprint density at radius 1 is 1.08 bits per heavy atom. The highest BCUT2D eigenvalue weighted by Gasteiger charge is 2.12. The standard InChI is InChI=1S/C6H12F3O2P/c1-5(7)3-10-12(9)11-4-6(2)8/h5-6H,3-4H2,1-2H3. The maximum Gasteiger partial charge on any atom is 0.375 e. The molecule has 0 rings (SSSR count). The van der Waals surface area contributed by atoms with Crippen molar-refractivity contribution in [1.29, 1.82) is 0 Å². The highest BCUT2D eigenvalue weighted by Crippen LogP contribution is 2.39. The van der Waals surface area contributed by atoms with Crippen LogP contribution >= 0.6 is 8.69 Å². The highest BCUT2D eigenvalue weighted by atomic mass is 31.2. The molecule has 0 radical (unpaired) electrons. The number of alkyl halides is 2. The molecule has 0 fully saturated rings. The lowest BCUT2D eigenvalue weighted by Gasteiger charge is -2.09. The monoisotopic (exact) mass is 204 g/mol. The first kappa shape index (κ1) is 12.1. The van der Waals surface area contributed by atoms with E-state index >= 15 is 0 Å². The number of hydrogen-bond acceptors (Lipinski definition) is 2. The minimum Gasteiger partial charge on any atom is -0.306 e. The van der Waals surface area contributed by atoms with E-state index in [1.165, 1.54) is 13.8 Å². The lowest BCUT2D eigenvalue weighted by atomic mass is 10.5. The van der Waals surface area contributed by atoms with Crippen LogP contribution in [0, 0.1) is 0 Å². The van der Waals surface area contributed by atoms with E-state index in [2.05, 4.69) is 9.05 Å². The van der Waals surface area contributed by atoms with Gasteiger partial charge in [-0.1, -0.05) is 0 Å². The summed E-state index contributed by atoms with van der Waals surface area (Å²) in [6.45, 7) is 1.76. The van der Waals surface area contributed by atoms with Crippen molar-refractivity contribution in [2.45, 2.75) is 26.2 Å². The van der Waals surface area contributed by atoms with Crippen LogP contribution in [-0.2, 0) is 9.05 Å². The molecule has 0 aromatic carbocycles. The molecule has 0 bridgehead atoms. The van der Waals surface area contributed by atoms with Gasteiger partial charge in [0.05, 0.1) is 13.2 Å². The molecule has 0 aromatic heterocycles. The third-order valence-corrected chi connectivity index (χ3v) is 1.52. The van der Waals surface area contributed by atoms with Crippen LogP contribution in [0.5, 0.6) is 0 Å². The van der Waals surface area contributed by atoms with Gasteiger partial charge in [0.1, 0.15) is 12.3 Å². The van der Waals surface area contributed by atoms with Gasteiger partial charge in [0, 0.05) is 0 Å². The molecule has 0 amide bonds. The van der Waals surface area contributed by atoms with Gasteiger partial charge in [0.2, 0.25) is 0 Å². The zero-order valence-electron chi connectivity index (χ0n) is 6.97. The van der Waals surface area contributed by atoms with E-state index in [0.717, 1.165) is 0 Å². The van der Waals surface area contributed by atoms with Gasteiger partial charge in [-0.3, -0.25) is 0 Å². The van der Waals surface area contributed by atoms with Crippen LogP contribution in [0.1, 0.15) is 13.8 Å². The van der Waals surface area contributed by atoms with Gasteiger partial charge in [0.15, 0.2) is 0 Å². The Labute approximate surface area is 71.1 Å². The first-order valence-electron chi connectivity index (χ1n) is 3.52. The summed E-state index contributed by atoms with van der Waals surface area (Å²) in [4.78, 5) is 0. The van der Waals surface area contributed by atoms with E-state index in [1.807, 2.05) is 0 Å². The molecule has 6 heteroatoms. The van der Waals surface area contributed by atoms with Gasteiger partial charge < -0.3 is 9.05 Å². The second kappa shape index (κ2) is 6.63. The van der Waals surface area contributed by atoms with Crippen molar-refractivity contribution in [2.24, 2.45) is 0 Å². The minimum absolute atomic E-state index is 0.358. The summed E-state index contributed by atoms with van der Waals surface area (Å²) < 4.78 is 45.1. The maximum atomic E-state index is 12.4. The average molecular weight is 204 g/mol. The fourth-order valence-electron chi connectivity index (χ4n) is 0.360. The van der Waals surface area contributed by atoms with Crippen LogP contribution in [-0.4, -0.2) is 25.6 Å².